The van der Waals surface area contributed by atoms with E-state index in [0.717, 1.165) is 9.13 Å². The first-order chi connectivity index (χ1) is 10.6. The van der Waals surface area contributed by atoms with Gasteiger partial charge < -0.3 is 10.6 Å². The molecule has 1 amide bonds. The van der Waals surface area contributed by atoms with E-state index in [1.165, 1.54) is 18.3 Å². The van der Waals surface area contributed by atoms with E-state index in [0.29, 0.717) is 24.2 Å². The van der Waals surface area contributed by atoms with Crippen LogP contribution in [0.15, 0.2) is 36.5 Å². The molecule has 2 N–H and O–H groups in total. The summed E-state index contributed by atoms with van der Waals surface area (Å²) in [5, 5.41) is 5.62. The summed E-state index contributed by atoms with van der Waals surface area (Å²) >= 11 is 2.04. The fourth-order valence-electron chi connectivity index (χ4n) is 1.68. The average molecular weight is 413 g/mol. The second kappa shape index (κ2) is 7.83. The van der Waals surface area contributed by atoms with Gasteiger partial charge in [0.1, 0.15) is 11.6 Å². The minimum absolute atomic E-state index is 0.0602. The maximum Gasteiger partial charge on any atom is 0.239 e. The second-order valence-electron chi connectivity index (χ2n) is 4.47. The number of nitrogens with zero attached hydrogens (tertiary/aromatic N) is 1. The lowest BCUT2D eigenvalue weighted by Crippen LogP contribution is -2.29. The van der Waals surface area contributed by atoms with Crippen LogP contribution in [0.3, 0.4) is 0 Å². The number of amides is 1. The summed E-state index contributed by atoms with van der Waals surface area (Å²) in [5.41, 5.74) is 1.30. The summed E-state index contributed by atoms with van der Waals surface area (Å²) < 4.78 is 13.5. The second-order valence-corrected chi connectivity index (χ2v) is 5.64. The molecule has 0 saturated carbocycles. The smallest absolute Gasteiger partial charge is 0.239 e. The molecule has 0 unspecified atom stereocenters. The van der Waals surface area contributed by atoms with Crippen LogP contribution < -0.4 is 10.6 Å². The Morgan fingerprint density at radius 1 is 1.32 bits per heavy atom. The third kappa shape index (κ3) is 4.76. The molecule has 0 fully saturated rings. The van der Waals surface area contributed by atoms with Crippen molar-refractivity contribution in [1.82, 2.24) is 10.3 Å². The van der Waals surface area contributed by atoms with Crippen molar-refractivity contribution in [2.75, 3.05) is 11.9 Å². The van der Waals surface area contributed by atoms with Crippen molar-refractivity contribution in [3.8, 4) is 0 Å². The molecule has 1 aromatic heterocycles. The normalized spacial score (nSPS) is 10.1. The number of benzene rings is 1. The Morgan fingerprint density at radius 3 is 2.68 bits per heavy atom. The highest BCUT2D eigenvalue weighted by molar-refractivity contribution is 14.1. The number of rotatable bonds is 6. The fourth-order valence-corrected chi connectivity index (χ4v) is 2.37. The molecule has 0 aliphatic carbocycles. The van der Waals surface area contributed by atoms with Gasteiger partial charge in [0, 0.05) is 18.3 Å². The third-order valence-corrected chi connectivity index (χ3v) is 3.64. The molecule has 22 heavy (non-hydrogen) atoms. The summed E-state index contributed by atoms with van der Waals surface area (Å²) in [5.74, 6) is 0.0284. The first kappa shape index (κ1) is 16.3. The van der Waals surface area contributed by atoms with E-state index in [-0.39, 0.29) is 18.3 Å². The Kier molecular flexibility index (Phi) is 5.82. The number of hydrogen-bond acceptors (Lipinski definition) is 4. The van der Waals surface area contributed by atoms with Crippen LogP contribution in [0.1, 0.15) is 15.9 Å². The highest BCUT2D eigenvalue weighted by Gasteiger charge is 2.06. The van der Waals surface area contributed by atoms with Gasteiger partial charge in [-0.2, -0.15) is 0 Å². The summed E-state index contributed by atoms with van der Waals surface area (Å²) in [7, 11) is 0. The molecular weight excluding hydrogens is 400 g/mol. The molecule has 0 bridgehead atoms. The number of nitrogens with one attached hydrogen (secondary N) is 2. The zero-order chi connectivity index (χ0) is 15.9. The third-order valence-electron chi connectivity index (χ3n) is 2.82. The number of halogens is 2. The molecule has 0 saturated heterocycles. The summed E-state index contributed by atoms with van der Waals surface area (Å²) in [6, 6.07) is 7.61. The molecule has 0 atom stereocenters. The number of aromatic nitrogens is 1. The predicted octanol–water partition coefficient (Wildman–Crippen LogP) is 2.37. The van der Waals surface area contributed by atoms with Crippen LogP contribution in [-0.4, -0.2) is 23.7 Å². The zero-order valence-corrected chi connectivity index (χ0v) is 13.6. The number of aldehydes is 1. The zero-order valence-electron chi connectivity index (χ0n) is 11.5. The van der Waals surface area contributed by atoms with Crippen LogP contribution in [0, 0.1) is 9.39 Å². The summed E-state index contributed by atoms with van der Waals surface area (Å²) in [4.78, 5) is 26.5. The van der Waals surface area contributed by atoms with E-state index in [1.54, 1.807) is 18.2 Å². The van der Waals surface area contributed by atoms with E-state index in [2.05, 4.69) is 15.6 Å². The monoisotopic (exact) mass is 413 g/mol. The molecule has 1 heterocycles. The SMILES string of the molecule is O=Cc1cnc(NCC(=O)NCc2ccc(F)cc2)c(I)c1. The first-order valence-electron chi connectivity index (χ1n) is 6.44. The van der Waals surface area contributed by atoms with Crippen molar-refractivity contribution >= 4 is 40.6 Å². The summed E-state index contributed by atoms with van der Waals surface area (Å²) in [6.45, 7) is 0.389. The van der Waals surface area contributed by atoms with Crippen LogP contribution >= 0.6 is 22.6 Å². The molecule has 2 rings (SSSR count). The van der Waals surface area contributed by atoms with E-state index in [1.807, 2.05) is 22.6 Å². The Balaban J connectivity index is 1.82. The summed E-state index contributed by atoms with van der Waals surface area (Å²) in [6.07, 6.45) is 2.16. The van der Waals surface area contributed by atoms with Crippen LogP contribution in [-0.2, 0) is 11.3 Å². The van der Waals surface area contributed by atoms with Crippen LogP contribution in [0.5, 0.6) is 0 Å². The molecule has 0 spiro atoms. The minimum atomic E-state index is -0.309. The van der Waals surface area contributed by atoms with Crippen molar-refractivity contribution in [3.05, 3.63) is 57.0 Å². The average Bonchev–Trinajstić information content (AvgIpc) is 2.53. The van der Waals surface area contributed by atoms with E-state index in [9.17, 15) is 14.0 Å². The minimum Gasteiger partial charge on any atom is -0.360 e. The largest absolute Gasteiger partial charge is 0.360 e. The van der Waals surface area contributed by atoms with Gasteiger partial charge in [-0.3, -0.25) is 9.59 Å². The maximum absolute atomic E-state index is 12.8. The van der Waals surface area contributed by atoms with E-state index < -0.39 is 0 Å². The molecule has 2 aromatic rings. The highest BCUT2D eigenvalue weighted by atomic mass is 127. The Morgan fingerprint density at radius 2 is 2.05 bits per heavy atom. The number of carbonyl (C=O) groups is 2. The standard InChI is InChI=1S/C15H13FIN3O2/c16-12-3-1-10(2-4-12)6-18-14(22)8-20-15-13(17)5-11(9-21)7-19-15/h1-5,7,9H,6,8H2,(H,18,22)(H,19,20). The van der Waals surface area contributed by atoms with Crippen molar-refractivity contribution in [3.63, 3.8) is 0 Å². The van der Waals surface area contributed by atoms with Crippen LogP contribution in [0.2, 0.25) is 0 Å². The molecular formula is C15H13FIN3O2. The first-order valence-corrected chi connectivity index (χ1v) is 7.52. The Hall–Kier alpha value is -2.03. The van der Waals surface area contributed by atoms with Gasteiger partial charge in [0.2, 0.25) is 5.91 Å². The lowest BCUT2D eigenvalue weighted by molar-refractivity contribution is -0.119. The van der Waals surface area contributed by atoms with Gasteiger partial charge in [-0.05, 0) is 46.4 Å². The van der Waals surface area contributed by atoms with Gasteiger partial charge in [-0.25, -0.2) is 9.37 Å². The maximum atomic E-state index is 12.8. The number of hydrogen-bond donors (Lipinski definition) is 2. The fraction of sp³-hybridized carbons (Fsp3) is 0.133. The number of carbonyl (C=O) groups excluding carboxylic acids is 2. The van der Waals surface area contributed by atoms with Gasteiger partial charge in [0.25, 0.3) is 0 Å². The van der Waals surface area contributed by atoms with Crippen molar-refractivity contribution in [2.24, 2.45) is 0 Å². The van der Waals surface area contributed by atoms with Crippen LogP contribution in [0.4, 0.5) is 10.2 Å². The van der Waals surface area contributed by atoms with Gasteiger partial charge in [0.05, 0.1) is 10.1 Å². The van der Waals surface area contributed by atoms with Gasteiger partial charge in [0.15, 0.2) is 6.29 Å². The Labute approximate surface area is 140 Å². The lowest BCUT2D eigenvalue weighted by Gasteiger charge is -2.09. The molecule has 1 aromatic carbocycles. The molecule has 0 aliphatic rings. The van der Waals surface area contributed by atoms with Gasteiger partial charge >= 0.3 is 0 Å². The molecule has 5 nitrogen and oxygen atoms in total. The van der Waals surface area contributed by atoms with Gasteiger partial charge in [-0.15, -0.1) is 0 Å². The van der Waals surface area contributed by atoms with Crippen molar-refractivity contribution in [1.29, 1.82) is 0 Å². The quantitative estimate of drug-likeness (QED) is 0.564. The van der Waals surface area contributed by atoms with Gasteiger partial charge in [-0.1, -0.05) is 12.1 Å². The van der Waals surface area contributed by atoms with E-state index >= 15 is 0 Å². The highest BCUT2D eigenvalue weighted by Crippen LogP contribution is 2.15. The molecule has 7 heteroatoms. The predicted molar refractivity (Wildman–Crippen MR) is 89.1 cm³/mol. The Bertz CT molecular complexity index is 677. The molecule has 114 valence electrons. The van der Waals surface area contributed by atoms with E-state index in [4.69, 9.17) is 0 Å². The molecule has 0 radical (unpaired) electrons. The number of pyridine rings is 1. The van der Waals surface area contributed by atoms with Crippen molar-refractivity contribution < 1.29 is 14.0 Å². The number of anilines is 1. The molecule has 0 aliphatic heterocycles. The topological polar surface area (TPSA) is 71.1 Å². The van der Waals surface area contributed by atoms with Crippen LogP contribution in [0.25, 0.3) is 0 Å². The van der Waals surface area contributed by atoms with Crippen molar-refractivity contribution in [2.45, 2.75) is 6.54 Å². The lowest BCUT2D eigenvalue weighted by atomic mass is 10.2.